The van der Waals surface area contributed by atoms with Crippen molar-refractivity contribution in [3.8, 4) is 0 Å². The molecule has 1 unspecified atom stereocenters. The van der Waals surface area contributed by atoms with Crippen LogP contribution in [0.2, 0.25) is 0 Å². The first kappa shape index (κ1) is 10.3. The van der Waals surface area contributed by atoms with E-state index in [9.17, 15) is 4.79 Å². The predicted molar refractivity (Wildman–Crippen MR) is 52.1 cm³/mol. The summed E-state index contributed by atoms with van der Waals surface area (Å²) in [7, 11) is 0. The Balaban J connectivity index is 2.68. The molecule has 0 saturated heterocycles. The molecule has 0 aliphatic rings. The van der Waals surface area contributed by atoms with Crippen LogP contribution in [0.15, 0.2) is 29.4 Å². The number of amides is 1. The number of nitrogens with two attached hydrogens (primary N) is 2. The summed E-state index contributed by atoms with van der Waals surface area (Å²) in [5, 5.41) is 3.25. The Morgan fingerprint density at radius 2 is 2.00 bits per heavy atom. The maximum atomic E-state index is 10.7. The number of nitrogens with one attached hydrogen (secondary N) is 1. The molecule has 74 valence electrons. The minimum absolute atomic E-state index is 0.410. The van der Waals surface area contributed by atoms with Gasteiger partial charge in [-0.3, -0.25) is 4.79 Å². The number of nitrogens with zero attached hydrogens (tertiary/aromatic N) is 1. The van der Waals surface area contributed by atoms with Crippen LogP contribution >= 0.6 is 0 Å². The van der Waals surface area contributed by atoms with Gasteiger partial charge in [-0.25, -0.2) is 5.53 Å². The first-order chi connectivity index (χ1) is 6.63. The lowest BCUT2D eigenvalue weighted by Crippen LogP contribution is -2.38. The zero-order chi connectivity index (χ0) is 10.6. The first-order valence-electron chi connectivity index (χ1n) is 4.15. The molecule has 0 bridgehead atoms. The number of primary amides is 1. The van der Waals surface area contributed by atoms with Crippen LogP contribution in [0.25, 0.3) is 0 Å². The minimum atomic E-state index is -0.659. The highest BCUT2D eigenvalue weighted by Crippen LogP contribution is 2.13. The lowest BCUT2D eigenvalue weighted by Gasteiger charge is -2.06. The Labute approximate surface area is 81.6 Å². The molecule has 0 aliphatic carbocycles. The highest BCUT2D eigenvalue weighted by atomic mass is 16.1. The average Bonchev–Trinajstić information content (AvgIpc) is 2.19. The molecule has 1 aromatic rings. The Morgan fingerprint density at radius 1 is 1.43 bits per heavy atom. The highest BCUT2D eigenvalue weighted by molar-refractivity contribution is 5.79. The molecular formula is C9H12N4O. The normalized spacial score (nSPS) is 12.1. The van der Waals surface area contributed by atoms with Crippen LogP contribution in [0.3, 0.4) is 0 Å². The van der Waals surface area contributed by atoms with E-state index in [1.807, 2.05) is 0 Å². The molecule has 1 atom stereocenters. The van der Waals surface area contributed by atoms with Crippen molar-refractivity contribution < 1.29 is 4.79 Å². The monoisotopic (exact) mass is 192 g/mol. The number of carbonyl (C=O) groups excluding carboxylic acids is 1. The van der Waals surface area contributed by atoms with Crippen molar-refractivity contribution in [2.75, 3.05) is 0 Å². The molecule has 0 radical (unpaired) electrons. The van der Waals surface area contributed by atoms with Gasteiger partial charge in [0, 0.05) is 0 Å². The molecule has 1 rings (SSSR count). The van der Waals surface area contributed by atoms with Crippen molar-refractivity contribution in [3.63, 3.8) is 0 Å². The zero-order valence-electron chi connectivity index (χ0n) is 7.60. The van der Waals surface area contributed by atoms with Crippen LogP contribution in [0.1, 0.15) is 5.56 Å². The van der Waals surface area contributed by atoms with E-state index in [0.717, 1.165) is 5.56 Å². The number of hydrogen-bond donors (Lipinski definition) is 3. The van der Waals surface area contributed by atoms with Crippen LogP contribution < -0.4 is 11.5 Å². The van der Waals surface area contributed by atoms with Crippen LogP contribution in [-0.2, 0) is 11.2 Å². The lowest BCUT2D eigenvalue weighted by molar-refractivity contribution is -0.119. The molecule has 1 aromatic carbocycles. The molecule has 0 aromatic heterocycles. The topological polar surface area (TPSA) is 105 Å². The zero-order valence-corrected chi connectivity index (χ0v) is 7.60. The third-order valence-corrected chi connectivity index (χ3v) is 1.89. The number of rotatable bonds is 4. The molecule has 0 fully saturated rings. The van der Waals surface area contributed by atoms with E-state index in [1.165, 1.54) is 0 Å². The average molecular weight is 192 g/mol. The largest absolute Gasteiger partial charge is 0.368 e. The van der Waals surface area contributed by atoms with E-state index in [-0.39, 0.29) is 0 Å². The van der Waals surface area contributed by atoms with Gasteiger partial charge in [0.05, 0.1) is 11.7 Å². The van der Waals surface area contributed by atoms with Gasteiger partial charge in [-0.05, 0) is 24.1 Å². The third kappa shape index (κ3) is 2.63. The van der Waals surface area contributed by atoms with Gasteiger partial charge in [0.1, 0.15) is 0 Å². The molecule has 1 amide bonds. The quantitative estimate of drug-likeness (QED) is 0.611. The van der Waals surface area contributed by atoms with Crippen LogP contribution in [0, 0.1) is 5.53 Å². The Bertz CT molecular complexity index is 333. The van der Waals surface area contributed by atoms with Crippen molar-refractivity contribution in [1.82, 2.24) is 0 Å². The van der Waals surface area contributed by atoms with E-state index in [0.29, 0.717) is 12.1 Å². The summed E-state index contributed by atoms with van der Waals surface area (Å²) < 4.78 is 0. The number of hydrogen-bond acceptors (Lipinski definition) is 4. The summed E-state index contributed by atoms with van der Waals surface area (Å²) in [6.07, 6.45) is 0.410. The van der Waals surface area contributed by atoms with Crippen molar-refractivity contribution in [2.45, 2.75) is 12.5 Å². The number of benzene rings is 1. The minimum Gasteiger partial charge on any atom is -0.368 e. The van der Waals surface area contributed by atoms with Crippen molar-refractivity contribution in [1.29, 1.82) is 5.53 Å². The Morgan fingerprint density at radius 3 is 2.43 bits per heavy atom. The van der Waals surface area contributed by atoms with Gasteiger partial charge >= 0.3 is 0 Å². The number of carbonyl (C=O) groups is 1. The summed E-state index contributed by atoms with van der Waals surface area (Å²) in [6, 6.07) is 6.27. The van der Waals surface area contributed by atoms with Gasteiger partial charge in [0.15, 0.2) is 0 Å². The summed E-state index contributed by atoms with van der Waals surface area (Å²) in [5.74, 6) is -0.515. The molecule has 0 spiro atoms. The second-order valence-corrected chi connectivity index (χ2v) is 2.99. The van der Waals surface area contributed by atoms with Gasteiger partial charge in [0.25, 0.3) is 0 Å². The summed E-state index contributed by atoms with van der Waals surface area (Å²) in [5.41, 5.74) is 18.7. The van der Waals surface area contributed by atoms with Crippen LogP contribution in [0.5, 0.6) is 0 Å². The molecule has 0 saturated carbocycles. The molecule has 14 heavy (non-hydrogen) atoms. The summed E-state index contributed by atoms with van der Waals surface area (Å²) in [4.78, 5) is 10.7. The van der Waals surface area contributed by atoms with Crippen LogP contribution in [0.4, 0.5) is 5.69 Å². The first-order valence-corrected chi connectivity index (χ1v) is 4.15. The van der Waals surface area contributed by atoms with E-state index >= 15 is 0 Å². The SMILES string of the molecule is N=Nc1ccc(CC(N)C(N)=O)cc1. The smallest absolute Gasteiger partial charge is 0.234 e. The van der Waals surface area contributed by atoms with Crippen molar-refractivity contribution in [2.24, 2.45) is 16.6 Å². The molecule has 5 N–H and O–H groups in total. The summed E-state index contributed by atoms with van der Waals surface area (Å²) in [6.45, 7) is 0. The van der Waals surface area contributed by atoms with Gasteiger partial charge < -0.3 is 11.5 Å². The van der Waals surface area contributed by atoms with E-state index in [1.54, 1.807) is 24.3 Å². The van der Waals surface area contributed by atoms with Crippen LogP contribution in [-0.4, -0.2) is 11.9 Å². The maximum Gasteiger partial charge on any atom is 0.234 e. The fraction of sp³-hybridized carbons (Fsp3) is 0.222. The fourth-order valence-electron chi connectivity index (χ4n) is 1.06. The molecule has 0 aliphatic heterocycles. The van der Waals surface area contributed by atoms with E-state index < -0.39 is 11.9 Å². The third-order valence-electron chi connectivity index (χ3n) is 1.89. The second-order valence-electron chi connectivity index (χ2n) is 2.99. The van der Waals surface area contributed by atoms with Gasteiger partial charge in [0.2, 0.25) is 5.91 Å². The standard InChI is InChI=1S/C9H12N4O/c10-8(9(11)14)5-6-1-3-7(13-12)4-2-6/h1-4,8,12H,5,10H2,(H2,11,14). The van der Waals surface area contributed by atoms with Gasteiger partial charge in [-0.1, -0.05) is 12.1 Å². The van der Waals surface area contributed by atoms with E-state index in [2.05, 4.69) is 5.11 Å². The molecule has 5 heteroatoms. The lowest BCUT2D eigenvalue weighted by atomic mass is 10.1. The summed E-state index contributed by atoms with van der Waals surface area (Å²) >= 11 is 0. The second kappa shape index (κ2) is 4.48. The van der Waals surface area contributed by atoms with Crippen molar-refractivity contribution in [3.05, 3.63) is 29.8 Å². The predicted octanol–water partition coefficient (Wildman–Crippen LogP) is 0.704. The molecule has 0 heterocycles. The Kier molecular flexibility index (Phi) is 3.30. The molecule has 5 nitrogen and oxygen atoms in total. The van der Waals surface area contributed by atoms with Crippen molar-refractivity contribution >= 4 is 11.6 Å². The maximum absolute atomic E-state index is 10.7. The highest BCUT2D eigenvalue weighted by Gasteiger charge is 2.09. The van der Waals surface area contributed by atoms with Gasteiger partial charge in [-0.15, -0.1) is 0 Å². The Hall–Kier alpha value is -1.75. The fourth-order valence-corrected chi connectivity index (χ4v) is 1.06. The molecular weight excluding hydrogens is 180 g/mol. The van der Waals surface area contributed by atoms with E-state index in [4.69, 9.17) is 17.0 Å². The van der Waals surface area contributed by atoms with Gasteiger partial charge in [-0.2, -0.15) is 5.11 Å².